The maximum Gasteiger partial charge on any atom is 0.414 e. The molecule has 3 atom stereocenters. The van der Waals surface area contributed by atoms with E-state index in [4.69, 9.17) is 0 Å². The molecule has 0 radical (unpaired) electrons. The second-order valence-corrected chi connectivity index (χ2v) is 9.33. The van der Waals surface area contributed by atoms with Crippen LogP contribution in [-0.2, 0) is 16.6 Å². The van der Waals surface area contributed by atoms with E-state index in [2.05, 4.69) is 41.6 Å². The summed E-state index contributed by atoms with van der Waals surface area (Å²) in [5.41, 5.74) is 2.92. The van der Waals surface area contributed by atoms with Crippen LogP contribution in [-0.4, -0.2) is 48.1 Å². The number of amides is 1. The number of fused-ring (bicyclic) bond motifs is 1. The maximum atomic E-state index is 13.9. The van der Waals surface area contributed by atoms with Gasteiger partial charge in [0.05, 0.1) is 23.5 Å². The predicted molar refractivity (Wildman–Crippen MR) is 117 cm³/mol. The Labute approximate surface area is 186 Å². The number of anilines is 1. The summed E-state index contributed by atoms with van der Waals surface area (Å²) in [7, 11) is 1.21. The van der Waals surface area contributed by atoms with Gasteiger partial charge < -0.3 is 15.5 Å². The van der Waals surface area contributed by atoms with Crippen LogP contribution in [0.15, 0.2) is 42.6 Å². The number of rotatable bonds is 5. The summed E-state index contributed by atoms with van der Waals surface area (Å²) in [5.74, 6) is -0.941. The van der Waals surface area contributed by atoms with Gasteiger partial charge in [0.1, 0.15) is 0 Å². The molecule has 2 aliphatic rings. The second kappa shape index (κ2) is 8.39. The number of alkyl halides is 3. The fraction of sp³-hybridized carbons (Fsp3) is 0.500. The number of pyridine rings is 1. The number of hydrogen-bond donors (Lipinski definition) is 2. The Morgan fingerprint density at radius 1 is 1.25 bits per heavy atom. The highest BCUT2D eigenvalue weighted by Gasteiger charge is 2.47. The van der Waals surface area contributed by atoms with Crippen LogP contribution in [0.2, 0.25) is 0 Å². The zero-order valence-corrected chi connectivity index (χ0v) is 18.5. The van der Waals surface area contributed by atoms with Gasteiger partial charge in [-0.3, -0.25) is 9.78 Å². The fourth-order valence-electron chi connectivity index (χ4n) is 4.94. The first-order valence-electron chi connectivity index (χ1n) is 10.9. The molecule has 1 aromatic heterocycles. The molecule has 1 aromatic carbocycles. The van der Waals surface area contributed by atoms with Crippen LogP contribution < -0.4 is 10.6 Å². The summed E-state index contributed by atoms with van der Waals surface area (Å²) in [4.78, 5) is 17.5. The number of carbonyl (C=O) groups is 1. The summed E-state index contributed by atoms with van der Waals surface area (Å²) in [6, 6.07) is 9.30. The number of aromatic nitrogens is 1. The van der Waals surface area contributed by atoms with Crippen LogP contribution in [0.25, 0.3) is 0 Å². The average Bonchev–Trinajstić information content (AvgIpc) is 3.35. The molecule has 172 valence electrons. The summed E-state index contributed by atoms with van der Waals surface area (Å²) >= 11 is 0. The topological polar surface area (TPSA) is 57.3 Å². The third kappa shape index (κ3) is 4.20. The van der Waals surface area contributed by atoms with Gasteiger partial charge in [-0.2, -0.15) is 13.2 Å². The van der Waals surface area contributed by atoms with E-state index in [0.29, 0.717) is 25.2 Å². The minimum absolute atomic E-state index is 0.102. The zero-order chi connectivity index (χ0) is 23.1. The number of halogens is 3. The molecule has 0 unspecified atom stereocenters. The van der Waals surface area contributed by atoms with E-state index in [1.165, 1.54) is 30.4 Å². The van der Waals surface area contributed by atoms with Crippen molar-refractivity contribution in [1.29, 1.82) is 0 Å². The molecular weight excluding hydrogens is 417 g/mol. The van der Waals surface area contributed by atoms with E-state index in [1.54, 1.807) is 6.07 Å². The monoisotopic (exact) mass is 446 g/mol. The van der Waals surface area contributed by atoms with Crippen molar-refractivity contribution in [2.45, 2.75) is 50.4 Å². The van der Waals surface area contributed by atoms with Gasteiger partial charge in [-0.25, -0.2) is 0 Å². The molecule has 1 saturated heterocycles. The Morgan fingerprint density at radius 2 is 2.00 bits per heavy atom. The third-order valence-electron chi connectivity index (χ3n) is 6.87. The molecular formula is C24H29F3N4O. The molecule has 0 saturated carbocycles. The summed E-state index contributed by atoms with van der Waals surface area (Å²) < 4.78 is 41.8. The lowest BCUT2D eigenvalue weighted by Crippen LogP contribution is -2.43. The molecule has 8 heteroatoms. The first-order valence-corrected chi connectivity index (χ1v) is 10.9. The molecule has 1 fully saturated rings. The molecule has 1 aliphatic heterocycles. The van der Waals surface area contributed by atoms with Crippen molar-refractivity contribution in [3.63, 3.8) is 0 Å². The van der Waals surface area contributed by atoms with Gasteiger partial charge in [-0.1, -0.05) is 38.1 Å². The lowest BCUT2D eigenvalue weighted by atomic mass is 9.83. The zero-order valence-electron chi connectivity index (χ0n) is 18.5. The molecule has 5 nitrogen and oxygen atoms in total. The number of carbonyl (C=O) groups excluding carboxylic acids is 1. The quantitative estimate of drug-likeness (QED) is 0.727. The molecule has 2 N–H and O–H groups in total. The van der Waals surface area contributed by atoms with Crippen LogP contribution in [0.1, 0.15) is 43.1 Å². The van der Waals surface area contributed by atoms with Crippen LogP contribution >= 0.6 is 0 Å². The van der Waals surface area contributed by atoms with Crippen molar-refractivity contribution in [2.75, 3.05) is 25.5 Å². The highest BCUT2D eigenvalue weighted by molar-refractivity contribution is 5.79. The molecule has 0 spiro atoms. The van der Waals surface area contributed by atoms with Gasteiger partial charge in [0.25, 0.3) is 0 Å². The van der Waals surface area contributed by atoms with Crippen molar-refractivity contribution in [2.24, 2.45) is 5.92 Å². The molecule has 0 bridgehead atoms. The average molecular weight is 447 g/mol. The van der Waals surface area contributed by atoms with Crippen molar-refractivity contribution in [1.82, 2.24) is 15.2 Å². The molecule has 2 heterocycles. The Hall–Kier alpha value is -2.61. The predicted octanol–water partition coefficient (Wildman–Crippen LogP) is 4.07. The van der Waals surface area contributed by atoms with Crippen LogP contribution in [0, 0.1) is 5.92 Å². The van der Waals surface area contributed by atoms with E-state index in [-0.39, 0.29) is 17.2 Å². The molecule has 2 aromatic rings. The first-order chi connectivity index (χ1) is 15.1. The lowest BCUT2D eigenvalue weighted by Gasteiger charge is -2.32. The van der Waals surface area contributed by atoms with Crippen LogP contribution in [0.5, 0.6) is 0 Å². The Balaban J connectivity index is 1.52. The number of nitrogens with zero attached hydrogens (tertiary/aromatic N) is 2. The molecule has 1 amide bonds. The summed E-state index contributed by atoms with van der Waals surface area (Å²) in [6.45, 7) is 5.37. The highest BCUT2D eigenvalue weighted by atomic mass is 19.4. The van der Waals surface area contributed by atoms with Gasteiger partial charge in [0.15, 0.2) is 6.04 Å². The van der Waals surface area contributed by atoms with Crippen LogP contribution in [0.4, 0.5) is 18.9 Å². The van der Waals surface area contributed by atoms with E-state index >= 15 is 0 Å². The standard InChI is InChI=1S/C24H29F3N4O/c1-23(2)18-7-5-4-6-15(18)12-20(23)30-17-8-9-19(29-14-17)21(24(25,26)27)31(3)22(32)16-10-11-28-13-16/h4-9,14,16,20-21,28,30H,10-13H2,1-3H3/t16-,20+,21+/m1/s1. The normalized spacial score (nSPS) is 22.9. The Morgan fingerprint density at radius 3 is 2.59 bits per heavy atom. The minimum Gasteiger partial charge on any atom is -0.380 e. The first kappa shape index (κ1) is 22.6. The number of hydrogen-bond acceptors (Lipinski definition) is 4. The lowest BCUT2D eigenvalue weighted by molar-refractivity contribution is -0.191. The largest absolute Gasteiger partial charge is 0.414 e. The van der Waals surface area contributed by atoms with Crippen LogP contribution in [0.3, 0.4) is 0 Å². The van der Waals surface area contributed by atoms with Gasteiger partial charge in [-0.05, 0) is 42.6 Å². The van der Waals surface area contributed by atoms with Gasteiger partial charge in [-0.15, -0.1) is 0 Å². The highest BCUT2D eigenvalue weighted by Crippen LogP contribution is 2.40. The van der Waals surface area contributed by atoms with Gasteiger partial charge in [0.2, 0.25) is 5.91 Å². The van der Waals surface area contributed by atoms with Gasteiger partial charge >= 0.3 is 6.18 Å². The molecule has 1 aliphatic carbocycles. The summed E-state index contributed by atoms with van der Waals surface area (Å²) in [6.07, 6.45) is -1.80. The third-order valence-corrected chi connectivity index (χ3v) is 6.87. The Kier molecular flexibility index (Phi) is 5.92. The molecule has 32 heavy (non-hydrogen) atoms. The van der Waals surface area contributed by atoms with Crippen molar-refractivity contribution in [3.05, 3.63) is 59.4 Å². The fourth-order valence-corrected chi connectivity index (χ4v) is 4.94. The Bertz CT molecular complexity index is 968. The smallest absolute Gasteiger partial charge is 0.380 e. The van der Waals surface area contributed by atoms with Crippen molar-refractivity contribution >= 4 is 11.6 Å². The van der Waals surface area contributed by atoms with E-state index in [0.717, 1.165) is 11.3 Å². The van der Waals surface area contributed by atoms with Gasteiger partial charge in [0, 0.05) is 25.0 Å². The summed E-state index contributed by atoms with van der Waals surface area (Å²) in [5, 5.41) is 6.48. The second-order valence-electron chi connectivity index (χ2n) is 9.33. The SMILES string of the molecule is CN(C(=O)[C@@H]1CCNC1)[C@@H](c1ccc(N[C@H]2Cc3ccccc3C2(C)C)cn1)C(F)(F)F. The van der Waals surface area contributed by atoms with E-state index < -0.39 is 24.0 Å². The number of benzene rings is 1. The van der Waals surface area contributed by atoms with Crippen molar-refractivity contribution in [3.8, 4) is 0 Å². The van der Waals surface area contributed by atoms with E-state index in [1.807, 2.05) is 12.1 Å². The molecule has 4 rings (SSSR count). The number of nitrogens with one attached hydrogen (secondary N) is 2. The maximum absolute atomic E-state index is 13.9. The van der Waals surface area contributed by atoms with Crippen molar-refractivity contribution < 1.29 is 18.0 Å². The van der Waals surface area contributed by atoms with E-state index in [9.17, 15) is 18.0 Å². The minimum atomic E-state index is -4.62.